The van der Waals surface area contributed by atoms with E-state index in [-0.39, 0.29) is 5.97 Å². The molecule has 4 rings (SSSR count). The summed E-state index contributed by atoms with van der Waals surface area (Å²) in [5.41, 5.74) is 8.42. The topological polar surface area (TPSA) is 96.9 Å². The number of esters is 1. The molecule has 2 fully saturated rings. The maximum atomic E-state index is 11.9. The third-order valence-corrected chi connectivity index (χ3v) is 5.88. The summed E-state index contributed by atoms with van der Waals surface area (Å²) in [6.07, 6.45) is 3.96. The fourth-order valence-corrected chi connectivity index (χ4v) is 4.01. The number of hydrogen-bond donors (Lipinski definition) is 1. The molecule has 2 aromatic rings. The molecule has 2 aliphatic rings. The van der Waals surface area contributed by atoms with Gasteiger partial charge in [-0.25, -0.2) is 14.8 Å². The lowest BCUT2D eigenvalue weighted by Crippen LogP contribution is -2.51. The molecule has 0 bridgehead atoms. The Balaban J connectivity index is 1.38. The standard InChI is InChI=1S/C19H24N6O2S/c1-27-17(26)15-5-4-14(23-16(15)13-2-3-13)12-22-18(20)24-7-9-25(10-8-24)19-21-6-11-28-19/h4-6,11,13H,2-3,7-10,12H2,1H3,(H2,20,22). The van der Waals surface area contributed by atoms with Crippen molar-refractivity contribution >= 4 is 28.4 Å². The van der Waals surface area contributed by atoms with Crippen LogP contribution in [-0.4, -0.2) is 60.1 Å². The van der Waals surface area contributed by atoms with E-state index in [1.807, 2.05) is 17.6 Å². The molecule has 2 aromatic heterocycles. The minimum Gasteiger partial charge on any atom is -0.465 e. The quantitative estimate of drug-likeness (QED) is 0.465. The number of carbonyl (C=O) groups is 1. The van der Waals surface area contributed by atoms with E-state index in [4.69, 9.17) is 10.5 Å². The molecule has 8 nitrogen and oxygen atoms in total. The van der Waals surface area contributed by atoms with Crippen LogP contribution in [0, 0.1) is 0 Å². The average molecular weight is 401 g/mol. The number of thiazole rings is 1. The van der Waals surface area contributed by atoms with Crippen molar-refractivity contribution in [2.75, 3.05) is 38.2 Å². The first kappa shape index (κ1) is 18.7. The van der Waals surface area contributed by atoms with Crippen molar-refractivity contribution in [1.29, 1.82) is 0 Å². The van der Waals surface area contributed by atoms with Crippen LogP contribution in [0.2, 0.25) is 0 Å². The van der Waals surface area contributed by atoms with Gasteiger partial charge >= 0.3 is 5.97 Å². The van der Waals surface area contributed by atoms with E-state index in [9.17, 15) is 4.79 Å². The van der Waals surface area contributed by atoms with E-state index in [0.29, 0.717) is 24.0 Å². The van der Waals surface area contributed by atoms with E-state index in [2.05, 4.69) is 24.8 Å². The third-order valence-electron chi connectivity index (χ3n) is 5.05. The highest BCUT2D eigenvalue weighted by Gasteiger charge is 2.30. The second kappa shape index (κ2) is 8.14. The molecule has 9 heteroatoms. The van der Waals surface area contributed by atoms with Crippen molar-refractivity contribution in [2.45, 2.75) is 25.3 Å². The number of ether oxygens (including phenoxy) is 1. The fourth-order valence-electron chi connectivity index (χ4n) is 3.32. The van der Waals surface area contributed by atoms with Gasteiger partial charge in [-0.1, -0.05) is 0 Å². The van der Waals surface area contributed by atoms with Crippen molar-refractivity contribution in [3.8, 4) is 0 Å². The molecule has 1 aliphatic carbocycles. The van der Waals surface area contributed by atoms with Crippen molar-refractivity contribution in [3.05, 3.63) is 40.7 Å². The lowest BCUT2D eigenvalue weighted by molar-refractivity contribution is 0.0598. The van der Waals surface area contributed by atoms with Crippen molar-refractivity contribution in [3.63, 3.8) is 0 Å². The third kappa shape index (κ3) is 4.09. The summed E-state index contributed by atoms with van der Waals surface area (Å²) in [6, 6.07) is 3.62. The molecule has 0 atom stereocenters. The molecule has 3 heterocycles. The Morgan fingerprint density at radius 2 is 2.11 bits per heavy atom. The smallest absolute Gasteiger partial charge is 0.339 e. The molecule has 0 aromatic carbocycles. The van der Waals surface area contributed by atoms with Crippen LogP contribution in [0.1, 0.15) is 40.5 Å². The summed E-state index contributed by atoms with van der Waals surface area (Å²) in [7, 11) is 1.40. The number of aliphatic imine (C=N–C) groups is 1. The zero-order valence-electron chi connectivity index (χ0n) is 15.9. The maximum absolute atomic E-state index is 11.9. The predicted octanol–water partition coefficient (Wildman–Crippen LogP) is 1.84. The normalized spacial score (nSPS) is 17.7. The minimum atomic E-state index is -0.331. The first-order valence-corrected chi connectivity index (χ1v) is 10.3. The van der Waals surface area contributed by atoms with Gasteiger partial charge < -0.3 is 20.3 Å². The molecule has 0 spiro atoms. The largest absolute Gasteiger partial charge is 0.465 e. The number of anilines is 1. The summed E-state index contributed by atoms with van der Waals surface area (Å²) in [4.78, 5) is 29.9. The first-order valence-electron chi connectivity index (χ1n) is 9.43. The Kier molecular flexibility index (Phi) is 5.43. The molecule has 0 unspecified atom stereocenters. The number of nitrogens with two attached hydrogens (primary N) is 1. The zero-order chi connectivity index (χ0) is 19.5. The molecule has 0 amide bonds. The maximum Gasteiger partial charge on any atom is 0.339 e. The number of pyridine rings is 1. The van der Waals surface area contributed by atoms with Gasteiger partial charge in [-0.2, -0.15) is 0 Å². The second-order valence-electron chi connectivity index (χ2n) is 6.96. The van der Waals surface area contributed by atoms with Gasteiger partial charge in [0.05, 0.1) is 30.6 Å². The molecule has 0 radical (unpaired) electrons. The zero-order valence-corrected chi connectivity index (χ0v) is 16.7. The van der Waals surface area contributed by atoms with E-state index in [1.165, 1.54) is 7.11 Å². The van der Waals surface area contributed by atoms with Crippen LogP contribution in [0.4, 0.5) is 5.13 Å². The predicted molar refractivity (Wildman–Crippen MR) is 109 cm³/mol. The minimum absolute atomic E-state index is 0.331. The monoisotopic (exact) mass is 400 g/mol. The van der Waals surface area contributed by atoms with Crippen molar-refractivity contribution in [2.24, 2.45) is 10.7 Å². The van der Waals surface area contributed by atoms with Gasteiger partial charge in [-0.15, -0.1) is 11.3 Å². The van der Waals surface area contributed by atoms with Gasteiger partial charge in [0.1, 0.15) is 0 Å². The molecular formula is C19H24N6O2S. The van der Waals surface area contributed by atoms with E-state index < -0.39 is 0 Å². The Morgan fingerprint density at radius 3 is 2.75 bits per heavy atom. The van der Waals surface area contributed by atoms with Gasteiger partial charge in [0.2, 0.25) is 0 Å². The molecule has 1 aliphatic heterocycles. The van der Waals surface area contributed by atoms with Crippen LogP contribution in [-0.2, 0) is 11.3 Å². The van der Waals surface area contributed by atoms with Gasteiger partial charge in [0, 0.05) is 43.7 Å². The van der Waals surface area contributed by atoms with E-state index >= 15 is 0 Å². The van der Waals surface area contributed by atoms with Crippen LogP contribution in [0.15, 0.2) is 28.7 Å². The Hall–Kier alpha value is -2.68. The molecular weight excluding hydrogens is 376 g/mol. The highest BCUT2D eigenvalue weighted by molar-refractivity contribution is 7.13. The molecule has 1 saturated heterocycles. The van der Waals surface area contributed by atoms with E-state index in [0.717, 1.165) is 55.5 Å². The lowest BCUT2D eigenvalue weighted by atomic mass is 10.1. The van der Waals surface area contributed by atoms with E-state index in [1.54, 1.807) is 17.4 Å². The van der Waals surface area contributed by atoms with Crippen molar-refractivity contribution < 1.29 is 9.53 Å². The number of guanidine groups is 1. The first-order chi connectivity index (χ1) is 13.7. The SMILES string of the molecule is COC(=O)c1ccc(CN=C(N)N2CCN(c3nccs3)CC2)nc1C1CC1. The number of carbonyl (C=O) groups excluding carboxylic acids is 1. The number of nitrogens with zero attached hydrogens (tertiary/aromatic N) is 5. The van der Waals surface area contributed by atoms with Gasteiger partial charge in [-0.05, 0) is 25.0 Å². The van der Waals surface area contributed by atoms with Gasteiger partial charge in [0.25, 0.3) is 0 Å². The summed E-state index contributed by atoms with van der Waals surface area (Å²) in [5, 5.41) is 3.05. The summed E-state index contributed by atoms with van der Waals surface area (Å²) in [6.45, 7) is 3.79. The number of hydrogen-bond acceptors (Lipinski definition) is 7. The molecule has 28 heavy (non-hydrogen) atoms. The van der Waals surface area contributed by atoms with Crippen LogP contribution in [0.3, 0.4) is 0 Å². The summed E-state index contributed by atoms with van der Waals surface area (Å²) < 4.78 is 4.87. The van der Waals surface area contributed by atoms with Gasteiger partial charge in [0.15, 0.2) is 11.1 Å². The molecule has 1 saturated carbocycles. The second-order valence-corrected chi connectivity index (χ2v) is 7.84. The Bertz CT molecular complexity index is 857. The number of piperazine rings is 1. The highest BCUT2D eigenvalue weighted by atomic mass is 32.1. The van der Waals surface area contributed by atoms with Crippen molar-refractivity contribution in [1.82, 2.24) is 14.9 Å². The summed E-state index contributed by atoms with van der Waals surface area (Å²) in [5.74, 6) is 0.557. The Morgan fingerprint density at radius 1 is 1.32 bits per heavy atom. The fraction of sp³-hybridized carbons (Fsp3) is 0.474. The molecule has 2 N–H and O–H groups in total. The van der Waals surface area contributed by atoms with Crippen LogP contribution in [0.25, 0.3) is 0 Å². The van der Waals surface area contributed by atoms with Crippen LogP contribution < -0.4 is 10.6 Å². The lowest BCUT2D eigenvalue weighted by Gasteiger charge is -2.35. The number of methoxy groups -OCH3 is 1. The highest BCUT2D eigenvalue weighted by Crippen LogP contribution is 2.40. The number of aromatic nitrogens is 2. The van der Waals surface area contributed by atoms with Crippen LogP contribution in [0.5, 0.6) is 0 Å². The number of rotatable bonds is 5. The van der Waals surface area contributed by atoms with Gasteiger partial charge in [-0.3, -0.25) is 4.98 Å². The molecule has 148 valence electrons. The average Bonchev–Trinajstić information content (AvgIpc) is 3.45. The van der Waals surface area contributed by atoms with Crippen LogP contribution >= 0.6 is 11.3 Å². The summed E-state index contributed by atoms with van der Waals surface area (Å²) >= 11 is 1.65. The Labute approximate surface area is 168 Å².